The van der Waals surface area contributed by atoms with Crippen LogP contribution in [0.1, 0.15) is 50.0 Å². The fourth-order valence-electron chi connectivity index (χ4n) is 5.16. The van der Waals surface area contributed by atoms with Gasteiger partial charge in [0, 0.05) is 56.9 Å². The van der Waals surface area contributed by atoms with Crippen LogP contribution >= 0.6 is 0 Å². The highest BCUT2D eigenvalue weighted by Crippen LogP contribution is 2.40. The molecule has 2 fully saturated rings. The zero-order chi connectivity index (χ0) is 24.5. The van der Waals surface area contributed by atoms with Gasteiger partial charge in [0.25, 0.3) is 0 Å². The van der Waals surface area contributed by atoms with Gasteiger partial charge in [-0.15, -0.1) is 0 Å². The highest BCUT2D eigenvalue weighted by atomic mass is 32.2. The number of hydrogen-bond donors (Lipinski definition) is 0. The lowest BCUT2D eigenvalue weighted by atomic mass is 9.95. The monoisotopic (exact) mass is 487 g/mol. The molecular formula is C26H34FN3O3S. The van der Waals surface area contributed by atoms with Crippen LogP contribution in [0.15, 0.2) is 48.5 Å². The summed E-state index contributed by atoms with van der Waals surface area (Å²) in [4.78, 5) is 15.4. The third kappa shape index (κ3) is 4.98. The molecule has 6 nitrogen and oxygen atoms in total. The molecule has 1 amide bonds. The topological polar surface area (TPSA) is 60.9 Å². The van der Waals surface area contributed by atoms with Gasteiger partial charge in [0.15, 0.2) is 0 Å². The zero-order valence-electron chi connectivity index (χ0n) is 20.2. The summed E-state index contributed by atoms with van der Waals surface area (Å²) in [6.45, 7) is 8.15. The standard InChI is InChI=1S/C26H34FN3O3S/c1-19(2)25-11-12-26(21-7-5-4-6-8-21)34(32,33)30(25)18-22-9-10-23(17-24(22)27)29-15-13-28(14-16-29)20(3)31/h4-10,17,19,25-26H,11-16,18H2,1-3H3/t25-,26?/m1/s1. The number of rotatable bonds is 5. The van der Waals surface area contributed by atoms with E-state index in [2.05, 4.69) is 4.90 Å². The first-order valence-electron chi connectivity index (χ1n) is 12.0. The summed E-state index contributed by atoms with van der Waals surface area (Å²) >= 11 is 0. The quantitative estimate of drug-likeness (QED) is 0.635. The molecule has 1 unspecified atom stereocenters. The molecule has 2 aliphatic heterocycles. The molecule has 34 heavy (non-hydrogen) atoms. The Labute approximate surface area is 202 Å². The minimum atomic E-state index is -3.65. The largest absolute Gasteiger partial charge is 0.368 e. The van der Waals surface area contributed by atoms with Crippen molar-refractivity contribution >= 4 is 21.6 Å². The normalized spacial score (nSPS) is 23.3. The highest BCUT2D eigenvalue weighted by molar-refractivity contribution is 7.89. The minimum Gasteiger partial charge on any atom is -0.368 e. The molecule has 2 heterocycles. The molecule has 0 bridgehead atoms. The van der Waals surface area contributed by atoms with Crippen molar-refractivity contribution in [3.63, 3.8) is 0 Å². The number of nitrogens with zero attached hydrogens (tertiary/aromatic N) is 3. The number of halogens is 1. The Bertz CT molecular complexity index is 1120. The first kappa shape index (κ1) is 24.7. The van der Waals surface area contributed by atoms with Crippen molar-refractivity contribution in [3.8, 4) is 0 Å². The van der Waals surface area contributed by atoms with Crippen molar-refractivity contribution < 1.29 is 17.6 Å². The van der Waals surface area contributed by atoms with Crippen LogP contribution in [0, 0.1) is 11.7 Å². The maximum absolute atomic E-state index is 15.3. The van der Waals surface area contributed by atoms with Crippen molar-refractivity contribution in [1.82, 2.24) is 9.21 Å². The van der Waals surface area contributed by atoms with Gasteiger partial charge in [0.1, 0.15) is 11.1 Å². The molecule has 2 saturated heterocycles. The predicted octanol–water partition coefficient (Wildman–Crippen LogP) is 4.19. The Kier molecular flexibility index (Phi) is 7.28. The van der Waals surface area contributed by atoms with E-state index >= 15 is 4.39 Å². The predicted molar refractivity (Wildman–Crippen MR) is 132 cm³/mol. The van der Waals surface area contributed by atoms with Crippen molar-refractivity contribution in [2.75, 3.05) is 31.1 Å². The van der Waals surface area contributed by atoms with Gasteiger partial charge in [-0.1, -0.05) is 50.2 Å². The Morgan fingerprint density at radius 1 is 1.03 bits per heavy atom. The van der Waals surface area contributed by atoms with Crippen LogP contribution in [0.25, 0.3) is 0 Å². The molecule has 8 heteroatoms. The molecular weight excluding hydrogens is 453 g/mol. The van der Waals surface area contributed by atoms with Crippen molar-refractivity contribution in [1.29, 1.82) is 0 Å². The molecule has 4 rings (SSSR count). The molecule has 0 saturated carbocycles. The summed E-state index contributed by atoms with van der Waals surface area (Å²) in [5.74, 6) is -0.213. The second kappa shape index (κ2) is 10.0. The SMILES string of the molecule is CC(=O)N1CCN(c2ccc(CN3[C@@H](C(C)C)CCC(c4ccccc4)S3(=O)=O)c(F)c2)CC1. The van der Waals surface area contributed by atoms with Crippen LogP contribution in [0.2, 0.25) is 0 Å². The first-order valence-corrected chi connectivity index (χ1v) is 13.5. The number of carbonyl (C=O) groups excluding carboxylic acids is 1. The number of carbonyl (C=O) groups is 1. The van der Waals surface area contributed by atoms with Gasteiger partial charge in [0.05, 0.1) is 0 Å². The number of sulfonamides is 1. The molecule has 2 atom stereocenters. The molecule has 184 valence electrons. The second-order valence-electron chi connectivity index (χ2n) is 9.65. The summed E-state index contributed by atoms with van der Waals surface area (Å²) < 4.78 is 44.2. The Hall–Kier alpha value is -2.45. The fourth-order valence-corrected chi connectivity index (χ4v) is 7.46. The van der Waals surface area contributed by atoms with Crippen LogP contribution in [-0.4, -0.2) is 55.8 Å². The Morgan fingerprint density at radius 2 is 1.71 bits per heavy atom. The molecule has 2 aromatic carbocycles. The van der Waals surface area contributed by atoms with E-state index < -0.39 is 21.1 Å². The van der Waals surface area contributed by atoms with E-state index in [4.69, 9.17) is 0 Å². The zero-order valence-corrected chi connectivity index (χ0v) is 21.0. The lowest BCUT2D eigenvalue weighted by Crippen LogP contribution is -2.48. The van der Waals surface area contributed by atoms with Gasteiger partial charge < -0.3 is 9.80 Å². The lowest BCUT2D eigenvalue weighted by molar-refractivity contribution is -0.129. The summed E-state index contributed by atoms with van der Waals surface area (Å²) in [6.07, 6.45) is 1.32. The second-order valence-corrected chi connectivity index (χ2v) is 11.7. The van der Waals surface area contributed by atoms with Crippen LogP contribution in [0.5, 0.6) is 0 Å². The summed E-state index contributed by atoms with van der Waals surface area (Å²) in [5, 5.41) is -0.608. The van der Waals surface area contributed by atoms with E-state index in [0.717, 1.165) is 17.7 Å². The highest BCUT2D eigenvalue weighted by Gasteiger charge is 2.43. The van der Waals surface area contributed by atoms with Gasteiger partial charge >= 0.3 is 0 Å². The molecule has 2 aromatic rings. The molecule has 0 radical (unpaired) electrons. The summed E-state index contributed by atoms with van der Waals surface area (Å²) in [7, 11) is -3.65. The van der Waals surface area contributed by atoms with Gasteiger partial charge in [-0.2, -0.15) is 4.31 Å². The van der Waals surface area contributed by atoms with Crippen molar-refractivity contribution in [2.24, 2.45) is 5.92 Å². The van der Waals surface area contributed by atoms with Crippen LogP contribution in [0.4, 0.5) is 10.1 Å². The van der Waals surface area contributed by atoms with Crippen LogP contribution in [-0.2, 0) is 21.4 Å². The molecule has 0 aromatic heterocycles. The number of amides is 1. The maximum Gasteiger partial charge on any atom is 0.221 e. The smallest absolute Gasteiger partial charge is 0.221 e. The Morgan fingerprint density at radius 3 is 2.29 bits per heavy atom. The van der Waals surface area contributed by atoms with E-state index in [-0.39, 0.29) is 24.4 Å². The summed E-state index contributed by atoms with van der Waals surface area (Å²) in [6, 6.07) is 14.2. The number of hydrogen-bond acceptors (Lipinski definition) is 4. The average molecular weight is 488 g/mol. The first-order chi connectivity index (χ1) is 16.2. The molecule has 2 aliphatic rings. The third-order valence-corrected chi connectivity index (χ3v) is 9.46. The van der Waals surface area contributed by atoms with Gasteiger partial charge in [-0.05, 0) is 36.5 Å². The van der Waals surface area contributed by atoms with Crippen molar-refractivity contribution in [3.05, 3.63) is 65.5 Å². The van der Waals surface area contributed by atoms with Crippen molar-refractivity contribution in [2.45, 2.75) is 51.4 Å². The molecule has 0 aliphatic carbocycles. The van der Waals surface area contributed by atoms with Gasteiger partial charge in [0.2, 0.25) is 15.9 Å². The van der Waals surface area contributed by atoms with Crippen LogP contribution in [0.3, 0.4) is 0 Å². The van der Waals surface area contributed by atoms with E-state index in [1.807, 2.05) is 50.2 Å². The number of anilines is 1. The maximum atomic E-state index is 15.3. The number of benzene rings is 2. The lowest BCUT2D eigenvalue weighted by Gasteiger charge is -2.41. The minimum absolute atomic E-state index is 0.0265. The Balaban J connectivity index is 1.56. The van der Waals surface area contributed by atoms with Gasteiger partial charge in [-0.3, -0.25) is 4.79 Å². The van der Waals surface area contributed by atoms with Crippen LogP contribution < -0.4 is 4.90 Å². The molecule has 0 spiro atoms. The van der Waals surface area contributed by atoms with E-state index in [1.54, 1.807) is 17.9 Å². The third-order valence-electron chi connectivity index (χ3n) is 7.17. The fraction of sp³-hybridized carbons (Fsp3) is 0.500. The summed E-state index contributed by atoms with van der Waals surface area (Å²) in [5.41, 5.74) is 1.93. The van der Waals surface area contributed by atoms with Gasteiger partial charge in [-0.25, -0.2) is 12.8 Å². The molecule has 0 N–H and O–H groups in total. The average Bonchev–Trinajstić information content (AvgIpc) is 2.81. The van der Waals surface area contributed by atoms with E-state index in [0.29, 0.717) is 38.2 Å². The number of piperazine rings is 1. The van der Waals surface area contributed by atoms with E-state index in [9.17, 15) is 13.2 Å². The van der Waals surface area contributed by atoms with E-state index in [1.165, 1.54) is 10.4 Å².